The van der Waals surface area contributed by atoms with Gasteiger partial charge in [-0.3, -0.25) is 0 Å². The number of hydrogen-bond acceptors (Lipinski definition) is 3. The van der Waals surface area contributed by atoms with Gasteiger partial charge in [0.1, 0.15) is 0 Å². The minimum absolute atomic E-state index is 0.0119. The zero-order valence-corrected chi connectivity index (χ0v) is 12.2. The van der Waals surface area contributed by atoms with Crippen molar-refractivity contribution in [2.24, 2.45) is 0 Å². The Labute approximate surface area is 122 Å². The van der Waals surface area contributed by atoms with Gasteiger partial charge in [-0.1, -0.05) is 36.2 Å². The molecule has 0 radical (unpaired) electrons. The summed E-state index contributed by atoms with van der Waals surface area (Å²) in [7, 11) is 0. The summed E-state index contributed by atoms with van der Waals surface area (Å²) < 4.78 is 1.58. The molecule has 0 aliphatic rings. The molecule has 1 N–H and O–H groups in total. The van der Waals surface area contributed by atoms with Crippen molar-refractivity contribution >= 4 is 17.6 Å². The van der Waals surface area contributed by atoms with E-state index in [1.54, 1.807) is 16.8 Å². The van der Waals surface area contributed by atoms with E-state index < -0.39 is 5.97 Å². The first kappa shape index (κ1) is 14.5. The minimum atomic E-state index is -1.05. The maximum Gasteiger partial charge on any atom is 0.358 e. The lowest BCUT2D eigenvalue weighted by molar-refractivity contribution is 0.0689. The molecule has 0 saturated heterocycles. The number of rotatable bonds is 5. The van der Waals surface area contributed by atoms with Crippen molar-refractivity contribution in [1.82, 2.24) is 15.0 Å². The fourth-order valence-electron chi connectivity index (χ4n) is 2.04. The van der Waals surface area contributed by atoms with Crippen LogP contribution in [0.4, 0.5) is 0 Å². The lowest BCUT2D eigenvalue weighted by Gasteiger charge is -2.10. The number of halogens is 1. The van der Waals surface area contributed by atoms with Gasteiger partial charge in [0.2, 0.25) is 0 Å². The first-order valence-corrected chi connectivity index (χ1v) is 6.86. The molecule has 1 aromatic carbocycles. The second-order valence-electron chi connectivity index (χ2n) is 4.64. The van der Waals surface area contributed by atoms with E-state index in [4.69, 9.17) is 11.6 Å². The van der Waals surface area contributed by atoms with Gasteiger partial charge in [0.15, 0.2) is 5.69 Å². The van der Waals surface area contributed by atoms with Crippen LogP contribution in [0, 0.1) is 6.92 Å². The van der Waals surface area contributed by atoms with Gasteiger partial charge in [0, 0.05) is 5.02 Å². The van der Waals surface area contributed by atoms with Gasteiger partial charge in [-0.25, -0.2) is 9.48 Å². The van der Waals surface area contributed by atoms with E-state index in [1.165, 1.54) is 0 Å². The highest BCUT2D eigenvalue weighted by molar-refractivity contribution is 6.30. The van der Waals surface area contributed by atoms with Crippen molar-refractivity contribution in [3.05, 3.63) is 40.2 Å². The van der Waals surface area contributed by atoms with Gasteiger partial charge in [0.05, 0.1) is 11.4 Å². The van der Waals surface area contributed by atoms with Crippen LogP contribution in [0.15, 0.2) is 18.2 Å². The predicted molar refractivity (Wildman–Crippen MR) is 76.7 cm³/mol. The Kier molecular flexibility index (Phi) is 4.39. The van der Waals surface area contributed by atoms with E-state index in [-0.39, 0.29) is 5.69 Å². The van der Waals surface area contributed by atoms with Crippen LogP contribution in [0.5, 0.6) is 0 Å². The van der Waals surface area contributed by atoms with Gasteiger partial charge in [0.25, 0.3) is 0 Å². The molecule has 0 spiro atoms. The Bertz CT molecular complexity index is 637. The molecule has 106 valence electrons. The zero-order chi connectivity index (χ0) is 14.7. The summed E-state index contributed by atoms with van der Waals surface area (Å²) in [5, 5.41) is 17.6. The van der Waals surface area contributed by atoms with Crippen LogP contribution in [0.2, 0.25) is 5.02 Å². The number of benzene rings is 1. The van der Waals surface area contributed by atoms with Crippen molar-refractivity contribution in [2.45, 2.75) is 33.1 Å². The number of unbranched alkanes of at least 4 members (excludes halogenated alkanes) is 1. The van der Waals surface area contributed by atoms with E-state index in [1.807, 2.05) is 13.0 Å². The van der Waals surface area contributed by atoms with Gasteiger partial charge in [-0.2, -0.15) is 0 Å². The highest BCUT2D eigenvalue weighted by Crippen LogP contribution is 2.22. The number of carboxylic acids is 1. The summed E-state index contributed by atoms with van der Waals surface area (Å²) >= 11 is 6.01. The summed E-state index contributed by atoms with van der Waals surface area (Å²) in [6, 6.07) is 5.44. The van der Waals surface area contributed by atoms with Crippen LogP contribution >= 0.6 is 11.6 Å². The molecule has 1 aromatic heterocycles. The summed E-state index contributed by atoms with van der Waals surface area (Å²) in [4.78, 5) is 11.2. The SMILES string of the molecule is CCCCc1c(C(=O)O)nnn1-c1cc(Cl)ccc1C. The molecule has 0 aliphatic carbocycles. The largest absolute Gasteiger partial charge is 0.476 e. The topological polar surface area (TPSA) is 68.0 Å². The van der Waals surface area contributed by atoms with E-state index in [0.717, 1.165) is 24.1 Å². The molecule has 5 nitrogen and oxygen atoms in total. The van der Waals surface area contributed by atoms with Crippen molar-refractivity contribution in [2.75, 3.05) is 0 Å². The van der Waals surface area contributed by atoms with Crippen molar-refractivity contribution in [3.63, 3.8) is 0 Å². The van der Waals surface area contributed by atoms with Crippen molar-refractivity contribution < 1.29 is 9.90 Å². The predicted octanol–water partition coefficient (Wildman–Crippen LogP) is 3.27. The van der Waals surface area contributed by atoms with Crippen LogP contribution in [0.3, 0.4) is 0 Å². The third-order valence-corrected chi connectivity index (χ3v) is 3.37. The number of hydrogen-bond donors (Lipinski definition) is 1. The van der Waals surface area contributed by atoms with Gasteiger partial charge < -0.3 is 5.11 Å². The number of aromatic nitrogens is 3. The Morgan fingerprint density at radius 2 is 2.20 bits per heavy atom. The molecule has 0 amide bonds. The lowest BCUT2D eigenvalue weighted by atomic mass is 10.1. The Balaban J connectivity index is 2.55. The monoisotopic (exact) mass is 293 g/mol. The maximum atomic E-state index is 11.2. The first-order chi connectivity index (χ1) is 9.54. The molecule has 2 rings (SSSR count). The molecule has 0 fully saturated rings. The van der Waals surface area contributed by atoms with Crippen LogP contribution in [-0.4, -0.2) is 26.1 Å². The molecule has 6 heteroatoms. The van der Waals surface area contributed by atoms with Gasteiger partial charge in [-0.05, 0) is 37.5 Å². The second kappa shape index (κ2) is 6.05. The molecular weight excluding hydrogens is 278 g/mol. The van der Waals surface area contributed by atoms with Crippen molar-refractivity contribution in [1.29, 1.82) is 0 Å². The Morgan fingerprint density at radius 3 is 2.85 bits per heavy atom. The number of nitrogens with zero attached hydrogens (tertiary/aromatic N) is 3. The minimum Gasteiger partial charge on any atom is -0.476 e. The highest BCUT2D eigenvalue weighted by atomic mass is 35.5. The van der Waals surface area contributed by atoms with Gasteiger partial charge in [-0.15, -0.1) is 5.10 Å². The third kappa shape index (κ3) is 2.82. The Hall–Kier alpha value is -1.88. The normalized spacial score (nSPS) is 10.8. The molecule has 20 heavy (non-hydrogen) atoms. The number of aromatic carboxylic acids is 1. The van der Waals surface area contributed by atoms with E-state index >= 15 is 0 Å². The quantitative estimate of drug-likeness (QED) is 0.918. The summed E-state index contributed by atoms with van der Waals surface area (Å²) in [5.41, 5.74) is 2.36. The highest BCUT2D eigenvalue weighted by Gasteiger charge is 2.20. The van der Waals surface area contributed by atoms with Crippen LogP contribution in [-0.2, 0) is 6.42 Å². The smallest absolute Gasteiger partial charge is 0.358 e. The molecule has 2 aromatic rings. The standard InChI is InChI=1S/C14H16ClN3O2/c1-3-4-5-11-13(14(19)20)16-17-18(11)12-8-10(15)7-6-9(12)2/h6-8H,3-5H2,1-2H3,(H,19,20). The Morgan fingerprint density at radius 1 is 1.45 bits per heavy atom. The summed E-state index contributed by atoms with van der Waals surface area (Å²) in [6.07, 6.45) is 2.48. The third-order valence-electron chi connectivity index (χ3n) is 3.13. The molecule has 0 aliphatic heterocycles. The molecule has 0 atom stereocenters. The molecule has 0 bridgehead atoms. The van der Waals surface area contributed by atoms with Crippen molar-refractivity contribution in [3.8, 4) is 5.69 Å². The molecule has 0 saturated carbocycles. The molecular formula is C14H16ClN3O2. The fourth-order valence-corrected chi connectivity index (χ4v) is 2.21. The summed E-state index contributed by atoms with van der Waals surface area (Å²) in [5.74, 6) is -1.05. The average Bonchev–Trinajstić information content (AvgIpc) is 2.83. The first-order valence-electron chi connectivity index (χ1n) is 6.49. The average molecular weight is 294 g/mol. The fraction of sp³-hybridized carbons (Fsp3) is 0.357. The summed E-state index contributed by atoms with van der Waals surface area (Å²) in [6.45, 7) is 3.98. The zero-order valence-electron chi connectivity index (χ0n) is 11.4. The van der Waals surface area contributed by atoms with Gasteiger partial charge >= 0.3 is 5.97 Å². The second-order valence-corrected chi connectivity index (χ2v) is 5.07. The van der Waals surface area contributed by atoms with Crippen LogP contribution < -0.4 is 0 Å². The molecule has 0 unspecified atom stereocenters. The number of carboxylic acid groups (broad SMARTS) is 1. The maximum absolute atomic E-state index is 11.2. The van der Waals surface area contributed by atoms with E-state index in [9.17, 15) is 9.90 Å². The number of aryl methyl sites for hydroxylation is 1. The molecule has 1 heterocycles. The van der Waals surface area contributed by atoms with E-state index in [2.05, 4.69) is 17.2 Å². The van der Waals surface area contributed by atoms with E-state index in [0.29, 0.717) is 17.1 Å². The van der Waals surface area contributed by atoms with Crippen LogP contribution in [0.25, 0.3) is 5.69 Å². The lowest BCUT2D eigenvalue weighted by Crippen LogP contribution is -2.08. The number of carbonyl (C=O) groups is 1. The van der Waals surface area contributed by atoms with Crippen LogP contribution in [0.1, 0.15) is 41.5 Å².